The van der Waals surface area contributed by atoms with E-state index in [1.807, 2.05) is 45.0 Å². The van der Waals surface area contributed by atoms with E-state index in [4.69, 9.17) is 9.47 Å². The molecule has 0 spiro atoms. The van der Waals surface area contributed by atoms with Crippen molar-refractivity contribution in [3.8, 4) is 5.75 Å². The third-order valence-electron chi connectivity index (χ3n) is 3.72. The van der Waals surface area contributed by atoms with Gasteiger partial charge in [-0.05, 0) is 63.8 Å². The van der Waals surface area contributed by atoms with Gasteiger partial charge in [0, 0.05) is 12.8 Å². The molecule has 1 fully saturated rings. The zero-order valence-electron chi connectivity index (χ0n) is 12.6. The Labute approximate surface area is 120 Å². The number of rotatable bonds is 6. The highest BCUT2D eigenvalue weighted by Gasteiger charge is 2.47. The SMILES string of the molecule is COC(C)(C(=O)Nc1ccc(OC(C)C)cc1)C1CC1. The molecule has 1 atom stereocenters. The van der Waals surface area contributed by atoms with Crippen LogP contribution in [0.2, 0.25) is 0 Å². The summed E-state index contributed by atoms with van der Waals surface area (Å²) >= 11 is 0. The van der Waals surface area contributed by atoms with Crippen LogP contribution < -0.4 is 10.1 Å². The van der Waals surface area contributed by atoms with E-state index in [0.717, 1.165) is 24.3 Å². The smallest absolute Gasteiger partial charge is 0.256 e. The van der Waals surface area contributed by atoms with Gasteiger partial charge >= 0.3 is 0 Å². The quantitative estimate of drug-likeness (QED) is 0.868. The van der Waals surface area contributed by atoms with E-state index in [2.05, 4.69) is 5.32 Å². The molecule has 0 heterocycles. The Hall–Kier alpha value is -1.55. The maximum atomic E-state index is 12.3. The number of nitrogens with one attached hydrogen (secondary N) is 1. The normalized spacial score (nSPS) is 17.6. The summed E-state index contributed by atoms with van der Waals surface area (Å²) in [4.78, 5) is 12.3. The Balaban J connectivity index is 2.00. The van der Waals surface area contributed by atoms with Gasteiger partial charge in [-0.3, -0.25) is 4.79 Å². The van der Waals surface area contributed by atoms with Crippen LogP contribution in [0.3, 0.4) is 0 Å². The van der Waals surface area contributed by atoms with Crippen molar-refractivity contribution in [3.05, 3.63) is 24.3 Å². The van der Waals surface area contributed by atoms with E-state index in [9.17, 15) is 4.79 Å². The van der Waals surface area contributed by atoms with Crippen molar-refractivity contribution in [1.29, 1.82) is 0 Å². The molecule has 2 rings (SSSR count). The van der Waals surface area contributed by atoms with Crippen molar-refractivity contribution in [1.82, 2.24) is 0 Å². The highest BCUT2D eigenvalue weighted by atomic mass is 16.5. The number of ether oxygens (including phenoxy) is 2. The summed E-state index contributed by atoms with van der Waals surface area (Å²) in [6.07, 6.45) is 2.25. The number of carbonyl (C=O) groups excluding carboxylic acids is 1. The topological polar surface area (TPSA) is 47.6 Å². The summed E-state index contributed by atoms with van der Waals surface area (Å²) in [5.41, 5.74) is 0.0302. The van der Waals surface area contributed by atoms with Crippen molar-refractivity contribution in [2.45, 2.75) is 45.3 Å². The lowest BCUT2D eigenvalue weighted by molar-refractivity contribution is -0.138. The summed E-state index contributed by atoms with van der Waals surface area (Å²) in [6, 6.07) is 7.41. The molecule has 1 amide bonds. The molecule has 1 aromatic carbocycles. The molecule has 0 aliphatic heterocycles. The summed E-state index contributed by atoms with van der Waals surface area (Å²) in [5.74, 6) is 1.05. The van der Waals surface area contributed by atoms with Crippen molar-refractivity contribution >= 4 is 11.6 Å². The molecule has 1 aliphatic rings. The Kier molecular flexibility index (Phi) is 4.33. The van der Waals surface area contributed by atoms with Crippen LogP contribution in [-0.2, 0) is 9.53 Å². The molecular weight excluding hydrogens is 254 g/mol. The fourth-order valence-corrected chi connectivity index (χ4v) is 2.22. The van der Waals surface area contributed by atoms with Crippen LogP contribution >= 0.6 is 0 Å². The Morgan fingerprint density at radius 1 is 1.30 bits per heavy atom. The summed E-state index contributed by atoms with van der Waals surface area (Å²) in [7, 11) is 1.59. The lowest BCUT2D eigenvalue weighted by Gasteiger charge is -2.26. The van der Waals surface area contributed by atoms with Gasteiger partial charge < -0.3 is 14.8 Å². The maximum Gasteiger partial charge on any atom is 0.256 e. The first kappa shape index (κ1) is 14.9. The van der Waals surface area contributed by atoms with Gasteiger partial charge in [-0.15, -0.1) is 0 Å². The summed E-state index contributed by atoms with van der Waals surface area (Å²) in [6.45, 7) is 5.82. The first-order valence-electron chi connectivity index (χ1n) is 7.09. The molecule has 4 heteroatoms. The van der Waals surface area contributed by atoms with Crippen LogP contribution in [-0.4, -0.2) is 24.7 Å². The average Bonchev–Trinajstić information content (AvgIpc) is 3.24. The van der Waals surface area contributed by atoms with Gasteiger partial charge in [0.05, 0.1) is 6.10 Å². The second kappa shape index (κ2) is 5.83. The van der Waals surface area contributed by atoms with Gasteiger partial charge in [-0.2, -0.15) is 0 Å². The third-order valence-corrected chi connectivity index (χ3v) is 3.72. The monoisotopic (exact) mass is 277 g/mol. The predicted molar refractivity (Wildman–Crippen MR) is 79.0 cm³/mol. The van der Waals surface area contributed by atoms with Crippen molar-refractivity contribution < 1.29 is 14.3 Å². The largest absolute Gasteiger partial charge is 0.491 e. The Morgan fingerprint density at radius 3 is 2.35 bits per heavy atom. The fourth-order valence-electron chi connectivity index (χ4n) is 2.22. The van der Waals surface area contributed by atoms with Crippen molar-refractivity contribution in [2.75, 3.05) is 12.4 Å². The number of hydrogen-bond acceptors (Lipinski definition) is 3. The average molecular weight is 277 g/mol. The Morgan fingerprint density at radius 2 is 1.90 bits per heavy atom. The minimum atomic E-state index is -0.729. The van der Waals surface area contributed by atoms with Crippen LogP contribution in [0.25, 0.3) is 0 Å². The van der Waals surface area contributed by atoms with Gasteiger partial charge in [0.15, 0.2) is 0 Å². The van der Waals surface area contributed by atoms with E-state index in [-0.39, 0.29) is 12.0 Å². The first-order chi connectivity index (χ1) is 9.45. The second-order valence-corrected chi connectivity index (χ2v) is 5.73. The zero-order chi connectivity index (χ0) is 14.8. The predicted octanol–water partition coefficient (Wildman–Crippen LogP) is 3.23. The minimum Gasteiger partial charge on any atom is -0.491 e. The number of hydrogen-bond donors (Lipinski definition) is 1. The number of methoxy groups -OCH3 is 1. The molecule has 110 valence electrons. The van der Waals surface area contributed by atoms with Crippen LogP contribution in [0.5, 0.6) is 5.75 Å². The third kappa shape index (κ3) is 3.31. The van der Waals surface area contributed by atoms with Crippen molar-refractivity contribution in [3.63, 3.8) is 0 Å². The number of carbonyl (C=O) groups is 1. The maximum absolute atomic E-state index is 12.3. The molecule has 0 bridgehead atoms. The molecule has 0 aromatic heterocycles. The molecule has 1 N–H and O–H groups in total. The van der Waals surface area contributed by atoms with E-state index in [0.29, 0.717) is 5.92 Å². The van der Waals surface area contributed by atoms with E-state index in [1.54, 1.807) is 7.11 Å². The number of amides is 1. The molecule has 20 heavy (non-hydrogen) atoms. The van der Waals surface area contributed by atoms with E-state index < -0.39 is 5.60 Å². The second-order valence-electron chi connectivity index (χ2n) is 5.73. The lowest BCUT2D eigenvalue weighted by atomic mass is 9.99. The number of anilines is 1. The molecule has 4 nitrogen and oxygen atoms in total. The molecule has 0 saturated heterocycles. The van der Waals surface area contributed by atoms with E-state index in [1.165, 1.54) is 0 Å². The molecule has 1 saturated carbocycles. The molecule has 1 aliphatic carbocycles. The highest BCUT2D eigenvalue weighted by Crippen LogP contribution is 2.42. The van der Waals surface area contributed by atoms with Crippen LogP contribution in [0.4, 0.5) is 5.69 Å². The van der Waals surface area contributed by atoms with E-state index >= 15 is 0 Å². The molecule has 1 unspecified atom stereocenters. The molecule has 0 radical (unpaired) electrons. The van der Waals surface area contributed by atoms with Gasteiger partial charge in [-0.25, -0.2) is 0 Å². The number of benzene rings is 1. The van der Waals surface area contributed by atoms with Crippen LogP contribution in [0, 0.1) is 5.92 Å². The molecular formula is C16H23NO3. The highest BCUT2D eigenvalue weighted by molar-refractivity contribution is 5.97. The Bertz CT molecular complexity index is 465. The standard InChI is InChI=1S/C16H23NO3/c1-11(2)20-14-9-7-13(8-10-14)17-15(18)16(3,19-4)12-5-6-12/h7-12H,5-6H2,1-4H3,(H,17,18). The van der Waals surface area contributed by atoms with Crippen molar-refractivity contribution in [2.24, 2.45) is 5.92 Å². The minimum absolute atomic E-state index is 0.0833. The summed E-state index contributed by atoms with van der Waals surface area (Å²) in [5, 5.41) is 2.92. The van der Waals surface area contributed by atoms with Gasteiger partial charge in [0.1, 0.15) is 11.4 Å². The first-order valence-corrected chi connectivity index (χ1v) is 7.09. The lowest BCUT2D eigenvalue weighted by Crippen LogP contribution is -2.44. The van der Waals surface area contributed by atoms with Gasteiger partial charge in [-0.1, -0.05) is 0 Å². The van der Waals surface area contributed by atoms with Crippen LogP contribution in [0.1, 0.15) is 33.6 Å². The van der Waals surface area contributed by atoms with Gasteiger partial charge in [0.25, 0.3) is 5.91 Å². The van der Waals surface area contributed by atoms with Gasteiger partial charge in [0.2, 0.25) is 0 Å². The summed E-state index contributed by atoms with van der Waals surface area (Å²) < 4.78 is 11.0. The fraction of sp³-hybridized carbons (Fsp3) is 0.562. The molecule has 1 aromatic rings. The zero-order valence-corrected chi connectivity index (χ0v) is 12.6. The van der Waals surface area contributed by atoms with Crippen LogP contribution in [0.15, 0.2) is 24.3 Å².